The molecule has 0 saturated carbocycles. The fraction of sp³-hybridized carbons (Fsp3) is 0.606. The summed E-state index contributed by atoms with van der Waals surface area (Å²) in [5.41, 5.74) is 0.639. The van der Waals surface area contributed by atoms with E-state index in [9.17, 15) is 19.5 Å². The molecule has 6 atom stereocenters. The summed E-state index contributed by atoms with van der Waals surface area (Å²) in [7, 11) is 0. The summed E-state index contributed by atoms with van der Waals surface area (Å²) in [6.07, 6.45) is 5.20. The summed E-state index contributed by atoms with van der Waals surface area (Å²) in [5, 5.41) is 10.5. The molecule has 0 aromatic heterocycles. The van der Waals surface area contributed by atoms with Crippen molar-refractivity contribution in [1.82, 2.24) is 9.80 Å². The largest absolute Gasteiger partial charge is 0.394 e. The number of aliphatic hydroxyl groups excluding tert-OH is 1. The van der Waals surface area contributed by atoms with Crippen LogP contribution in [0.5, 0.6) is 0 Å². The molecule has 3 fully saturated rings. The number of carbonyl (C=O) groups excluding carboxylic acids is 3. The van der Waals surface area contributed by atoms with Crippen molar-refractivity contribution >= 4 is 23.4 Å². The third-order valence-electron chi connectivity index (χ3n) is 9.42. The Morgan fingerprint density at radius 3 is 2.44 bits per heavy atom. The van der Waals surface area contributed by atoms with Crippen molar-refractivity contribution in [3.05, 3.63) is 54.6 Å². The van der Waals surface area contributed by atoms with Gasteiger partial charge >= 0.3 is 0 Å². The van der Waals surface area contributed by atoms with Gasteiger partial charge in [-0.2, -0.15) is 0 Å². The van der Waals surface area contributed by atoms with E-state index in [0.29, 0.717) is 25.9 Å². The van der Waals surface area contributed by atoms with E-state index in [1.165, 1.54) is 0 Å². The number of anilines is 1. The molecule has 0 radical (unpaired) electrons. The van der Waals surface area contributed by atoms with Crippen LogP contribution in [0.4, 0.5) is 5.69 Å². The Hall–Kier alpha value is -2.97. The average Bonchev–Trinajstić information content (AvgIpc) is 3.49. The third kappa shape index (κ3) is 4.93. The van der Waals surface area contributed by atoms with Crippen LogP contribution in [0.25, 0.3) is 0 Å². The molecule has 3 saturated heterocycles. The molecule has 8 nitrogen and oxygen atoms in total. The molecule has 3 amide bonds. The predicted octanol–water partition coefficient (Wildman–Crippen LogP) is 4.03. The van der Waals surface area contributed by atoms with Crippen LogP contribution >= 0.6 is 0 Å². The zero-order valence-corrected chi connectivity index (χ0v) is 25.6. The minimum absolute atomic E-state index is 0.123. The van der Waals surface area contributed by atoms with Crippen LogP contribution < -0.4 is 4.90 Å². The van der Waals surface area contributed by atoms with Crippen molar-refractivity contribution in [2.24, 2.45) is 17.8 Å². The molecule has 4 rings (SSSR count). The number of likely N-dealkylation sites (tertiary alicyclic amines) is 1. The van der Waals surface area contributed by atoms with E-state index in [-0.39, 0.29) is 36.8 Å². The van der Waals surface area contributed by atoms with Crippen LogP contribution in [-0.4, -0.2) is 82.2 Å². The molecule has 3 aliphatic heterocycles. The second-order valence-corrected chi connectivity index (χ2v) is 12.6. The highest BCUT2D eigenvalue weighted by molar-refractivity contribution is 6.05. The third-order valence-corrected chi connectivity index (χ3v) is 9.42. The van der Waals surface area contributed by atoms with Gasteiger partial charge in [0.25, 0.3) is 5.91 Å². The highest BCUT2D eigenvalue weighted by Crippen LogP contribution is 2.64. The number of aliphatic hydroxyl groups is 1. The molecule has 1 aromatic rings. The Morgan fingerprint density at radius 2 is 1.85 bits per heavy atom. The molecular formula is C33H47N3O5. The fourth-order valence-corrected chi connectivity index (χ4v) is 7.50. The molecule has 8 heteroatoms. The van der Waals surface area contributed by atoms with Gasteiger partial charge in [-0.1, -0.05) is 45.1 Å². The van der Waals surface area contributed by atoms with Gasteiger partial charge in [0.2, 0.25) is 11.8 Å². The molecule has 2 unspecified atom stereocenters. The van der Waals surface area contributed by atoms with E-state index in [2.05, 4.69) is 13.2 Å². The van der Waals surface area contributed by atoms with Crippen molar-refractivity contribution in [3.63, 3.8) is 0 Å². The summed E-state index contributed by atoms with van der Waals surface area (Å²) >= 11 is 0. The minimum Gasteiger partial charge on any atom is -0.394 e. The molecule has 224 valence electrons. The van der Waals surface area contributed by atoms with Gasteiger partial charge in [-0.05, 0) is 63.1 Å². The van der Waals surface area contributed by atoms with Gasteiger partial charge < -0.3 is 24.5 Å². The summed E-state index contributed by atoms with van der Waals surface area (Å²) in [6, 6.07) is 4.36. The van der Waals surface area contributed by atoms with Crippen LogP contribution in [0.15, 0.2) is 43.5 Å². The minimum atomic E-state index is -1.17. The van der Waals surface area contributed by atoms with E-state index >= 15 is 0 Å². The number of fused-ring (bicyclic) bond motifs is 1. The zero-order chi connectivity index (χ0) is 30.3. The number of rotatable bonds is 12. The Bertz CT molecular complexity index is 1210. The lowest BCUT2D eigenvalue weighted by Gasteiger charge is -2.41. The molecule has 3 heterocycles. The second-order valence-electron chi connectivity index (χ2n) is 12.6. The van der Waals surface area contributed by atoms with E-state index in [4.69, 9.17) is 4.74 Å². The maximum atomic E-state index is 14.9. The molecule has 2 bridgehead atoms. The first-order chi connectivity index (χ1) is 19.4. The Balaban J connectivity index is 1.88. The lowest BCUT2D eigenvalue weighted by atomic mass is 9.66. The highest BCUT2D eigenvalue weighted by atomic mass is 16.5. The maximum absolute atomic E-state index is 14.9. The molecule has 3 aliphatic rings. The molecule has 0 aliphatic carbocycles. The van der Waals surface area contributed by atoms with Crippen LogP contribution in [0.1, 0.15) is 58.1 Å². The summed E-state index contributed by atoms with van der Waals surface area (Å²) in [6.45, 7) is 20.3. The van der Waals surface area contributed by atoms with Crippen LogP contribution in [0, 0.1) is 31.6 Å². The Kier molecular flexibility index (Phi) is 8.86. The highest BCUT2D eigenvalue weighted by Gasteiger charge is 2.79. The molecular weight excluding hydrogens is 518 g/mol. The van der Waals surface area contributed by atoms with Crippen LogP contribution in [-0.2, 0) is 19.1 Å². The summed E-state index contributed by atoms with van der Waals surface area (Å²) < 4.78 is 6.85. The normalized spacial score (nSPS) is 29.0. The number of benzene rings is 1. The predicted molar refractivity (Wildman–Crippen MR) is 160 cm³/mol. The quantitative estimate of drug-likeness (QED) is 0.387. The Labute approximate surface area is 245 Å². The number of carbonyl (C=O) groups is 3. The van der Waals surface area contributed by atoms with Gasteiger partial charge in [0.15, 0.2) is 0 Å². The van der Waals surface area contributed by atoms with Crippen molar-refractivity contribution in [2.75, 3.05) is 31.1 Å². The van der Waals surface area contributed by atoms with E-state index in [1.807, 2.05) is 59.7 Å². The number of aryl methyl sites for hydroxylation is 2. The van der Waals surface area contributed by atoms with Gasteiger partial charge in [0, 0.05) is 25.3 Å². The number of hydrogen-bond acceptors (Lipinski definition) is 5. The van der Waals surface area contributed by atoms with E-state index in [0.717, 1.165) is 23.2 Å². The van der Waals surface area contributed by atoms with Crippen molar-refractivity contribution in [2.45, 2.75) is 84.1 Å². The molecule has 1 spiro atoms. The topological polar surface area (TPSA) is 90.4 Å². The fourth-order valence-electron chi connectivity index (χ4n) is 7.50. The lowest BCUT2D eigenvalue weighted by molar-refractivity contribution is -0.152. The monoisotopic (exact) mass is 565 g/mol. The number of ether oxygens (including phenoxy) is 1. The first-order valence-corrected chi connectivity index (χ1v) is 14.9. The second kappa shape index (κ2) is 11.7. The Morgan fingerprint density at radius 1 is 1.17 bits per heavy atom. The molecule has 1 N–H and O–H groups in total. The van der Waals surface area contributed by atoms with Gasteiger partial charge in [-0.3, -0.25) is 14.4 Å². The number of nitrogens with zero attached hydrogens (tertiary/aromatic N) is 3. The van der Waals surface area contributed by atoms with Gasteiger partial charge in [0.05, 0.1) is 30.1 Å². The lowest BCUT2D eigenvalue weighted by Crippen LogP contribution is -2.60. The first-order valence-electron chi connectivity index (χ1n) is 14.9. The standard InChI is InChI=1S/C33H47N3O5/c1-9-16-34(17-10-2)29(38)26-27-30(39)36(25(20-37)21(4)5)28(33(27)15-14-32(26,8)41-33)31(40)35(18-11-3)24-19-22(6)12-13-23(24)7/h9,11-13,19,21,25-28,37H,1,3,10,14-18,20H2,2,4-8H3/t25-,26-,27-,28?,32+,33?/m0/s1. The SMILES string of the molecule is C=CCN(CCC)C(=O)[C@@H]1[C@H]2C(=O)N([C@@H](CO)C(C)C)C(C(=O)N(CC=C)c3cc(C)ccc3C)C23CC[C@@]1(C)O3. The van der Waals surface area contributed by atoms with Crippen molar-refractivity contribution in [3.8, 4) is 0 Å². The number of amides is 3. The summed E-state index contributed by atoms with van der Waals surface area (Å²) in [4.78, 5) is 48.6. The number of hydrogen-bond donors (Lipinski definition) is 1. The van der Waals surface area contributed by atoms with Crippen molar-refractivity contribution in [1.29, 1.82) is 0 Å². The van der Waals surface area contributed by atoms with E-state index < -0.39 is 35.1 Å². The molecule has 41 heavy (non-hydrogen) atoms. The summed E-state index contributed by atoms with van der Waals surface area (Å²) in [5.74, 6) is -2.36. The maximum Gasteiger partial charge on any atom is 0.253 e. The van der Waals surface area contributed by atoms with Gasteiger partial charge in [0.1, 0.15) is 11.6 Å². The zero-order valence-electron chi connectivity index (χ0n) is 25.6. The average molecular weight is 566 g/mol. The first kappa shape index (κ1) is 31.0. The molecule has 1 aromatic carbocycles. The van der Waals surface area contributed by atoms with Crippen LogP contribution in [0.3, 0.4) is 0 Å². The smallest absolute Gasteiger partial charge is 0.253 e. The van der Waals surface area contributed by atoms with Gasteiger partial charge in [-0.25, -0.2) is 0 Å². The van der Waals surface area contributed by atoms with E-state index in [1.54, 1.807) is 26.9 Å². The van der Waals surface area contributed by atoms with Gasteiger partial charge in [-0.15, -0.1) is 13.2 Å². The van der Waals surface area contributed by atoms with Crippen LogP contribution in [0.2, 0.25) is 0 Å². The van der Waals surface area contributed by atoms with Crippen molar-refractivity contribution < 1.29 is 24.2 Å².